The molecule has 1 aromatic rings. The Balaban J connectivity index is 2.48. The number of methoxy groups -OCH3 is 1. The Morgan fingerprint density at radius 3 is 2.83 bits per heavy atom. The number of ether oxygens (including phenoxy) is 1. The summed E-state index contributed by atoms with van der Waals surface area (Å²) in [7, 11) is 1.44. The van der Waals surface area contributed by atoms with Crippen molar-refractivity contribution in [2.45, 2.75) is 25.7 Å². The number of hydrogen-bond acceptors (Lipinski definition) is 3. The fraction of sp³-hybridized carbons (Fsp3) is 0.462. The number of benzene rings is 1. The third kappa shape index (κ3) is 4.71. The maximum absolute atomic E-state index is 13.0. The van der Waals surface area contributed by atoms with Gasteiger partial charge in [0, 0.05) is 12.5 Å². The first-order valence-corrected chi connectivity index (χ1v) is 6.01. The molecule has 0 saturated heterocycles. The Labute approximate surface area is 106 Å². The fourth-order valence-corrected chi connectivity index (χ4v) is 1.59. The monoisotopic (exact) mass is 254 g/mol. The smallest absolute Gasteiger partial charge is 0.224 e. The van der Waals surface area contributed by atoms with Gasteiger partial charge in [0.1, 0.15) is 11.6 Å². The lowest BCUT2D eigenvalue weighted by atomic mass is 10.2. The van der Waals surface area contributed by atoms with E-state index in [0.717, 1.165) is 19.3 Å². The zero-order valence-corrected chi connectivity index (χ0v) is 10.5. The van der Waals surface area contributed by atoms with Gasteiger partial charge in [0.2, 0.25) is 5.91 Å². The first-order valence-electron chi connectivity index (χ1n) is 6.01. The molecule has 18 heavy (non-hydrogen) atoms. The van der Waals surface area contributed by atoms with E-state index in [-0.39, 0.29) is 5.91 Å². The lowest BCUT2D eigenvalue weighted by molar-refractivity contribution is -0.116. The molecule has 0 aromatic heterocycles. The van der Waals surface area contributed by atoms with E-state index in [1.54, 1.807) is 0 Å². The van der Waals surface area contributed by atoms with Gasteiger partial charge in [-0.1, -0.05) is 6.42 Å². The van der Waals surface area contributed by atoms with Crippen LogP contribution in [-0.2, 0) is 4.79 Å². The topological polar surface area (TPSA) is 64.3 Å². The van der Waals surface area contributed by atoms with Crippen LogP contribution in [0.15, 0.2) is 18.2 Å². The zero-order chi connectivity index (χ0) is 13.4. The average Bonchev–Trinajstić information content (AvgIpc) is 2.37. The summed E-state index contributed by atoms with van der Waals surface area (Å²) >= 11 is 0. The fourth-order valence-electron chi connectivity index (χ4n) is 1.59. The van der Waals surface area contributed by atoms with Gasteiger partial charge in [-0.25, -0.2) is 4.39 Å². The molecule has 0 aliphatic rings. The zero-order valence-electron chi connectivity index (χ0n) is 10.5. The summed E-state index contributed by atoms with van der Waals surface area (Å²) in [5, 5.41) is 2.70. The molecule has 0 spiro atoms. The van der Waals surface area contributed by atoms with Crippen molar-refractivity contribution in [3.05, 3.63) is 24.0 Å². The molecule has 0 fully saturated rings. The van der Waals surface area contributed by atoms with Crippen molar-refractivity contribution in [1.82, 2.24) is 0 Å². The van der Waals surface area contributed by atoms with Crippen molar-refractivity contribution in [1.29, 1.82) is 0 Å². The Bertz CT molecular complexity index is 397. The highest BCUT2D eigenvalue weighted by Crippen LogP contribution is 2.25. The SMILES string of the molecule is COc1cc(F)ccc1NC(=O)CCCCCN. The lowest BCUT2D eigenvalue weighted by Crippen LogP contribution is -2.12. The number of nitrogens with two attached hydrogens (primary N) is 1. The number of halogens is 1. The molecule has 0 heterocycles. The van der Waals surface area contributed by atoms with Crippen LogP contribution in [0, 0.1) is 5.82 Å². The summed E-state index contributed by atoms with van der Waals surface area (Å²) in [6.07, 6.45) is 3.09. The number of anilines is 1. The van der Waals surface area contributed by atoms with Crippen LogP contribution < -0.4 is 15.8 Å². The minimum atomic E-state index is -0.396. The third-order valence-electron chi connectivity index (χ3n) is 2.55. The van der Waals surface area contributed by atoms with E-state index in [4.69, 9.17) is 10.5 Å². The van der Waals surface area contributed by atoms with Crippen molar-refractivity contribution in [3.63, 3.8) is 0 Å². The molecule has 3 N–H and O–H groups in total. The largest absolute Gasteiger partial charge is 0.494 e. The van der Waals surface area contributed by atoms with Crippen molar-refractivity contribution in [2.75, 3.05) is 19.0 Å². The molecule has 1 amide bonds. The third-order valence-corrected chi connectivity index (χ3v) is 2.55. The van der Waals surface area contributed by atoms with Gasteiger partial charge in [-0.3, -0.25) is 4.79 Å². The molecule has 0 aliphatic carbocycles. The van der Waals surface area contributed by atoms with Gasteiger partial charge in [-0.05, 0) is 31.5 Å². The summed E-state index contributed by atoms with van der Waals surface area (Å²) < 4.78 is 18.0. The number of nitrogens with one attached hydrogen (secondary N) is 1. The van der Waals surface area contributed by atoms with Crippen LogP contribution >= 0.6 is 0 Å². The quantitative estimate of drug-likeness (QED) is 0.734. The van der Waals surface area contributed by atoms with Crippen molar-refractivity contribution >= 4 is 11.6 Å². The number of carbonyl (C=O) groups is 1. The number of carbonyl (C=O) groups excluding carboxylic acids is 1. The number of rotatable bonds is 7. The van der Waals surface area contributed by atoms with E-state index in [1.807, 2.05) is 0 Å². The van der Waals surface area contributed by atoms with E-state index < -0.39 is 5.82 Å². The Morgan fingerprint density at radius 1 is 1.39 bits per heavy atom. The van der Waals surface area contributed by atoms with Crippen molar-refractivity contribution in [3.8, 4) is 5.75 Å². The van der Waals surface area contributed by atoms with Crippen LogP contribution in [0.3, 0.4) is 0 Å². The molecular weight excluding hydrogens is 235 g/mol. The van der Waals surface area contributed by atoms with Gasteiger partial charge >= 0.3 is 0 Å². The first-order chi connectivity index (χ1) is 8.67. The van der Waals surface area contributed by atoms with Gasteiger partial charge in [0.15, 0.2) is 0 Å². The highest BCUT2D eigenvalue weighted by molar-refractivity contribution is 5.92. The predicted octanol–water partition coefficient (Wildman–Crippen LogP) is 2.29. The molecule has 5 heteroatoms. The van der Waals surface area contributed by atoms with E-state index in [0.29, 0.717) is 24.4 Å². The van der Waals surface area contributed by atoms with Crippen LogP contribution in [0.2, 0.25) is 0 Å². The maximum atomic E-state index is 13.0. The summed E-state index contributed by atoms with van der Waals surface area (Å²) in [6.45, 7) is 0.646. The Kier molecular flexibility index (Phi) is 6.14. The van der Waals surface area contributed by atoms with Crippen LogP contribution in [-0.4, -0.2) is 19.6 Å². The molecule has 4 nitrogen and oxygen atoms in total. The second-order valence-corrected chi connectivity index (χ2v) is 3.99. The first kappa shape index (κ1) is 14.4. The molecule has 1 aromatic carbocycles. The molecule has 0 radical (unpaired) electrons. The van der Waals surface area contributed by atoms with E-state index >= 15 is 0 Å². The van der Waals surface area contributed by atoms with E-state index in [9.17, 15) is 9.18 Å². The lowest BCUT2D eigenvalue weighted by Gasteiger charge is -2.10. The predicted molar refractivity (Wildman–Crippen MR) is 69.1 cm³/mol. The minimum absolute atomic E-state index is 0.100. The van der Waals surface area contributed by atoms with Crippen LogP contribution in [0.5, 0.6) is 5.75 Å². The van der Waals surface area contributed by atoms with Crippen LogP contribution in [0.1, 0.15) is 25.7 Å². The number of amides is 1. The standard InChI is InChI=1S/C13H19FN2O2/c1-18-12-9-10(14)6-7-11(12)16-13(17)5-3-2-4-8-15/h6-7,9H,2-5,8,15H2,1H3,(H,16,17). The normalized spacial score (nSPS) is 10.2. The number of hydrogen-bond donors (Lipinski definition) is 2. The van der Waals surface area contributed by atoms with Gasteiger partial charge in [0.25, 0.3) is 0 Å². The molecule has 0 bridgehead atoms. The second kappa shape index (κ2) is 7.66. The Morgan fingerprint density at radius 2 is 2.17 bits per heavy atom. The maximum Gasteiger partial charge on any atom is 0.224 e. The minimum Gasteiger partial charge on any atom is -0.494 e. The summed E-state index contributed by atoms with van der Waals surface area (Å²) in [5.74, 6) is -0.171. The van der Waals surface area contributed by atoms with E-state index in [1.165, 1.54) is 25.3 Å². The highest BCUT2D eigenvalue weighted by Gasteiger charge is 2.08. The van der Waals surface area contributed by atoms with Crippen LogP contribution in [0.4, 0.5) is 10.1 Å². The molecule has 100 valence electrons. The number of unbranched alkanes of at least 4 members (excludes halogenated alkanes) is 2. The summed E-state index contributed by atoms with van der Waals surface area (Å²) in [6, 6.07) is 4.02. The van der Waals surface area contributed by atoms with Crippen molar-refractivity contribution < 1.29 is 13.9 Å². The van der Waals surface area contributed by atoms with Gasteiger partial charge in [0.05, 0.1) is 12.8 Å². The molecule has 1 rings (SSSR count). The molecule has 0 saturated carbocycles. The summed E-state index contributed by atoms with van der Waals surface area (Å²) in [4.78, 5) is 11.6. The molecular formula is C13H19FN2O2. The van der Waals surface area contributed by atoms with Crippen LogP contribution in [0.25, 0.3) is 0 Å². The van der Waals surface area contributed by atoms with Gasteiger partial charge in [-0.2, -0.15) is 0 Å². The average molecular weight is 254 g/mol. The van der Waals surface area contributed by atoms with Crippen molar-refractivity contribution in [2.24, 2.45) is 5.73 Å². The molecule has 0 aliphatic heterocycles. The Hall–Kier alpha value is -1.62. The van der Waals surface area contributed by atoms with E-state index in [2.05, 4.69) is 5.32 Å². The molecule has 0 unspecified atom stereocenters. The second-order valence-electron chi connectivity index (χ2n) is 3.99. The molecule has 0 atom stereocenters. The summed E-state index contributed by atoms with van der Waals surface area (Å²) in [5.41, 5.74) is 5.86. The highest BCUT2D eigenvalue weighted by atomic mass is 19.1. The van der Waals surface area contributed by atoms with Gasteiger partial charge < -0.3 is 15.8 Å². The van der Waals surface area contributed by atoms with Gasteiger partial charge in [-0.15, -0.1) is 0 Å².